The topological polar surface area (TPSA) is 78.5 Å². The molecule has 1 unspecified atom stereocenters. The minimum absolute atomic E-state index is 0.233. The van der Waals surface area contributed by atoms with E-state index in [0.717, 1.165) is 34.7 Å². The number of benzene rings is 1. The van der Waals surface area contributed by atoms with Gasteiger partial charge < -0.3 is 9.72 Å². The van der Waals surface area contributed by atoms with E-state index in [1.165, 1.54) is 39.8 Å². The average molecular weight is 545 g/mol. The van der Waals surface area contributed by atoms with Crippen LogP contribution in [-0.2, 0) is 21.3 Å². The minimum Gasteiger partial charge on any atom is -0.380 e. The van der Waals surface area contributed by atoms with Crippen molar-refractivity contribution in [3.8, 4) is 10.7 Å². The van der Waals surface area contributed by atoms with Crippen molar-refractivity contribution < 1.29 is 13.2 Å². The van der Waals surface area contributed by atoms with Crippen molar-refractivity contribution in [1.82, 2.24) is 14.9 Å². The van der Waals surface area contributed by atoms with E-state index in [1.54, 1.807) is 28.8 Å². The molecule has 4 heterocycles. The van der Waals surface area contributed by atoms with E-state index >= 15 is 0 Å². The molecule has 4 aromatic rings. The highest BCUT2D eigenvalue weighted by Gasteiger charge is 2.28. The SMILES string of the molecule is CCOCCN(c1cccc2cc(-c3ncc(CN4CCCCC4C)s3)[nH]c12)S(=O)(=O)c1cccs1. The Hall–Kier alpha value is -2.24. The number of para-hydroxylation sites is 1. The Morgan fingerprint density at radius 3 is 2.92 bits per heavy atom. The van der Waals surface area contributed by atoms with Gasteiger partial charge in [0.2, 0.25) is 0 Å². The molecule has 1 aliphatic heterocycles. The summed E-state index contributed by atoms with van der Waals surface area (Å²) in [6.07, 6.45) is 5.80. The first-order chi connectivity index (χ1) is 17.5. The molecule has 36 heavy (non-hydrogen) atoms. The fraction of sp³-hybridized carbons (Fsp3) is 0.423. The summed E-state index contributed by atoms with van der Waals surface area (Å²) in [4.78, 5) is 12.0. The molecular weight excluding hydrogens is 513 g/mol. The van der Waals surface area contributed by atoms with E-state index in [-0.39, 0.29) is 6.54 Å². The number of anilines is 1. The van der Waals surface area contributed by atoms with E-state index < -0.39 is 10.0 Å². The number of hydrogen-bond donors (Lipinski definition) is 1. The highest BCUT2D eigenvalue weighted by atomic mass is 32.2. The van der Waals surface area contributed by atoms with Gasteiger partial charge in [0.15, 0.2) is 0 Å². The summed E-state index contributed by atoms with van der Waals surface area (Å²) in [6.45, 7) is 7.36. The number of ether oxygens (including phenoxy) is 1. The number of thiophene rings is 1. The number of nitrogens with zero attached hydrogens (tertiary/aromatic N) is 3. The quantitative estimate of drug-likeness (QED) is 0.249. The molecule has 1 aromatic carbocycles. The van der Waals surface area contributed by atoms with Crippen LogP contribution in [0.1, 0.15) is 38.0 Å². The molecule has 0 radical (unpaired) electrons. The summed E-state index contributed by atoms with van der Waals surface area (Å²) in [5.41, 5.74) is 2.30. The molecule has 1 N–H and O–H groups in total. The van der Waals surface area contributed by atoms with Gasteiger partial charge in [-0.05, 0) is 56.8 Å². The van der Waals surface area contributed by atoms with E-state index in [4.69, 9.17) is 9.72 Å². The Labute approximate surface area is 220 Å². The molecule has 7 nitrogen and oxygen atoms in total. The fourth-order valence-electron chi connectivity index (χ4n) is 4.74. The van der Waals surface area contributed by atoms with Gasteiger partial charge in [-0.25, -0.2) is 13.4 Å². The zero-order valence-corrected chi connectivity index (χ0v) is 23.1. The lowest BCUT2D eigenvalue weighted by molar-refractivity contribution is 0.154. The van der Waals surface area contributed by atoms with Crippen molar-refractivity contribution in [3.05, 3.63) is 52.9 Å². The van der Waals surface area contributed by atoms with Crippen molar-refractivity contribution in [3.63, 3.8) is 0 Å². The van der Waals surface area contributed by atoms with Gasteiger partial charge >= 0.3 is 0 Å². The maximum absolute atomic E-state index is 13.6. The average Bonchev–Trinajstić information content (AvgIpc) is 3.64. The van der Waals surface area contributed by atoms with Gasteiger partial charge in [-0.2, -0.15) is 0 Å². The van der Waals surface area contributed by atoms with Gasteiger partial charge in [0.05, 0.1) is 30.0 Å². The molecule has 0 aliphatic carbocycles. The van der Waals surface area contributed by atoms with Gasteiger partial charge in [-0.1, -0.05) is 24.6 Å². The van der Waals surface area contributed by atoms with Crippen LogP contribution in [0, 0.1) is 0 Å². The van der Waals surface area contributed by atoms with E-state index in [1.807, 2.05) is 31.3 Å². The Kier molecular flexibility index (Phi) is 7.78. The Morgan fingerprint density at radius 2 is 2.14 bits per heavy atom. The monoisotopic (exact) mass is 544 g/mol. The highest BCUT2D eigenvalue weighted by molar-refractivity contribution is 7.94. The lowest BCUT2D eigenvalue weighted by Gasteiger charge is -2.32. The summed E-state index contributed by atoms with van der Waals surface area (Å²) in [5.74, 6) is 0. The lowest BCUT2D eigenvalue weighted by Crippen LogP contribution is -2.36. The molecular formula is C26H32N4O3S3. The molecule has 0 amide bonds. The highest BCUT2D eigenvalue weighted by Crippen LogP contribution is 2.35. The molecule has 1 atom stereocenters. The molecule has 5 rings (SSSR count). The van der Waals surface area contributed by atoms with Crippen molar-refractivity contribution in [1.29, 1.82) is 0 Å². The van der Waals surface area contributed by atoms with Crippen molar-refractivity contribution in [2.75, 3.05) is 30.6 Å². The Morgan fingerprint density at radius 1 is 1.25 bits per heavy atom. The normalized spacial score (nSPS) is 17.1. The number of rotatable bonds is 10. The molecule has 1 fully saturated rings. The second-order valence-electron chi connectivity index (χ2n) is 9.08. The Bertz CT molecular complexity index is 1390. The Balaban J connectivity index is 1.47. The zero-order chi connectivity index (χ0) is 25.1. The second kappa shape index (κ2) is 11.0. The first kappa shape index (κ1) is 25.4. The summed E-state index contributed by atoms with van der Waals surface area (Å²) in [7, 11) is -3.72. The third-order valence-electron chi connectivity index (χ3n) is 6.67. The van der Waals surface area contributed by atoms with Gasteiger partial charge in [-0.15, -0.1) is 22.7 Å². The molecule has 1 saturated heterocycles. The van der Waals surface area contributed by atoms with Crippen molar-refractivity contribution >= 4 is 49.3 Å². The molecule has 192 valence electrons. The van der Waals surface area contributed by atoms with Crippen LogP contribution in [0.4, 0.5) is 5.69 Å². The standard InChI is InChI=1S/C26H32N4O3S3/c1-3-33-14-13-30(36(31,32)24-11-7-15-34-24)23-10-6-9-20-16-22(28-25(20)23)26-27-17-21(35-26)18-29-12-5-4-8-19(29)2/h6-7,9-11,15-17,19,28H,3-5,8,12-14,18H2,1-2H3. The maximum atomic E-state index is 13.6. The zero-order valence-electron chi connectivity index (χ0n) is 20.6. The van der Waals surface area contributed by atoms with Crippen LogP contribution in [0.2, 0.25) is 0 Å². The fourth-order valence-corrected chi connectivity index (χ4v) is 8.22. The lowest BCUT2D eigenvalue weighted by atomic mass is 10.0. The minimum atomic E-state index is -3.72. The first-order valence-corrected chi connectivity index (χ1v) is 15.6. The summed E-state index contributed by atoms with van der Waals surface area (Å²) >= 11 is 2.92. The number of piperidine rings is 1. The number of likely N-dealkylation sites (tertiary alicyclic amines) is 1. The van der Waals surface area contributed by atoms with E-state index in [9.17, 15) is 8.42 Å². The number of sulfonamides is 1. The summed E-state index contributed by atoms with van der Waals surface area (Å²) in [6, 6.07) is 11.8. The van der Waals surface area contributed by atoms with E-state index in [0.29, 0.717) is 29.2 Å². The number of fused-ring (bicyclic) bond motifs is 1. The van der Waals surface area contributed by atoms with Gasteiger partial charge in [0, 0.05) is 35.7 Å². The molecule has 0 saturated carbocycles. The summed E-state index contributed by atoms with van der Waals surface area (Å²) < 4.78 is 34.5. The number of thiazole rings is 1. The van der Waals surface area contributed by atoms with Crippen molar-refractivity contribution in [2.24, 2.45) is 0 Å². The molecule has 0 spiro atoms. The molecule has 10 heteroatoms. The van der Waals surface area contributed by atoms with Gasteiger partial charge in [-0.3, -0.25) is 9.21 Å². The molecule has 0 bridgehead atoms. The number of aromatic amines is 1. The van der Waals surface area contributed by atoms with Crippen LogP contribution in [-0.4, -0.2) is 55.6 Å². The number of nitrogens with one attached hydrogen (secondary N) is 1. The smallest absolute Gasteiger partial charge is 0.273 e. The predicted molar refractivity (Wildman–Crippen MR) is 148 cm³/mol. The van der Waals surface area contributed by atoms with Crippen LogP contribution >= 0.6 is 22.7 Å². The largest absolute Gasteiger partial charge is 0.380 e. The molecule has 1 aliphatic rings. The van der Waals surface area contributed by atoms with Crippen LogP contribution in [0.3, 0.4) is 0 Å². The van der Waals surface area contributed by atoms with Crippen LogP contribution < -0.4 is 4.31 Å². The van der Waals surface area contributed by atoms with Crippen LogP contribution in [0.15, 0.2) is 52.2 Å². The number of aromatic nitrogens is 2. The second-order valence-corrected chi connectivity index (χ2v) is 13.2. The number of hydrogen-bond acceptors (Lipinski definition) is 7. The van der Waals surface area contributed by atoms with Crippen LogP contribution in [0.25, 0.3) is 21.6 Å². The molecule has 3 aromatic heterocycles. The maximum Gasteiger partial charge on any atom is 0.273 e. The van der Waals surface area contributed by atoms with Gasteiger partial charge in [0.25, 0.3) is 10.0 Å². The third-order valence-corrected chi connectivity index (χ3v) is 10.9. The van der Waals surface area contributed by atoms with Crippen LogP contribution in [0.5, 0.6) is 0 Å². The van der Waals surface area contributed by atoms with E-state index in [2.05, 4.69) is 22.9 Å². The van der Waals surface area contributed by atoms with Gasteiger partial charge in [0.1, 0.15) is 9.22 Å². The van der Waals surface area contributed by atoms with Crippen molar-refractivity contribution in [2.45, 2.75) is 49.9 Å². The first-order valence-electron chi connectivity index (χ1n) is 12.4. The predicted octanol–water partition coefficient (Wildman–Crippen LogP) is 5.96. The summed E-state index contributed by atoms with van der Waals surface area (Å²) in [5, 5.41) is 3.65. The third kappa shape index (κ3) is 5.24. The number of H-pyrrole nitrogens is 1.